The molecule has 2 heteroatoms. The van der Waals surface area contributed by atoms with E-state index in [-0.39, 0.29) is 0 Å². The Morgan fingerprint density at radius 1 is 0.944 bits per heavy atom. The number of benzene rings is 2. The summed E-state index contributed by atoms with van der Waals surface area (Å²) in [5.41, 5.74) is 3.28. The molecule has 0 aromatic heterocycles. The van der Waals surface area contributed by atoms with Gasteiger partial charge < -0.3 is 0 Å². The average Bonchev–Trinajstić information content (AvgIpc) is 2.46. The Morgan fingerprint density at radius 2 is 1.56 bits per heavy atom. The van der Waals surface area contributed by atoms with Crippen LogP contribution in [-0.2, 0) is 0 Å². The lowest BCUT2D eigenvalue weighted by Gasteiger charge is -1.95. The number of nitriles is 1. The standard InChI is InChI=1S/C16H10N2/c1-2-13-7-9-16(10-8-13)18-12-15-5-3-14(11-17)4-6-15/h1,3-10,12H. The molecule has 0 aliphatic heterocycles. The lowest BCUT2D eigenvalue weighted by atomic mass is 10.1. The zero-order valence-electron chi connectivity index (χ0n) is 9.67. The Balaban J connectivity index is 2.14. The highest BCUT2D eigenvalue weighted by Crippen LogP contribution is 2.12. The van der Waals surface area contributed by atoms with Crippen molar-refractivity contribution < 1.29 is 0 Å². The van der Waals surface area contributed by atoms with E-state index in [0.717, 1.165) is 16.8 Å². The first-order valence-corrected chi connectivity index (χ1v) is 5.43. The summed E-state index contributed by atoms with van der Waals surface area (Å²) in [6.07, 6.45) is 7.03. The minimum atomic E-state index is 0.644. The normalized spacial score (nSPS) is 9.89. The molecule has 0 fully saturated rings. The summed E-state index contributed by atoms with van der Waals surface area (Å²) in [5, 5.41) is 8.69. The van der Waals surface area contributed by atoms with Crippen LogP contribution in [0.25, 0.3) is 0 Å². The van der Waals surface area contributed by atoms with Gasteiger partial charge in [-0.2, -0.15) is 5.26 Å². The van der Waals surface area contributed by atoms with Crippen molar-refractivity contribution in [3.8, 4) is 18.4 Å². The molecule has 2 nitrogen and oxygen atoms in total. The van der Waals surface area contributed by atoms with Crippen LogP contribution in [0.1, 0.15) is 16.7 Å². The molecule has 0 heterocycles. The maximum Gasteiger partial charge on any atom is 0.0991 e. The Bertz CT molecular complexity index is 576. The fraction of sp³-hybridized carbons (Fsp3) is 0. The zero-order valence-corrected chi connectivity index (χ0v) is 9.67. The topological polar surface area (TPSA) is 36.1 Å². The Kier molecular flexibility index (Phi) is 3.54. The van der Waals surface area contributed by atoms with Gasteiger partial charge in [-0.25, -0.2) is 0 Å². The smallest absolute Gasteiger partial charge is 0.0991 e. The number of aliphatic imine (C=N–C) groups is 1. The maximum atomic E-state index is 8.69. The summed E-state index contributed by atoms with van der Waals surface area (Å²) in [5.74, 6) is 2.56. The second kappa shape index (κ2) is 5.48. The van der Waals surface area contributed by atoms with Crippen LogP contribution in [0.2, 0.25) is 0 Å². The molecule has 0 atom stereocenters. The summed E-state index contributed by atoms with van der Waals surface area (Å²) in [7, 11) is 0. The van der Waals surface area contributed by atoms with Gasteiger partial charge in [0.05, 0.1) is 17.3 Å². The molecule has 0 radical (unpaired) electrons. The summed E-state index contributed by atoms with van der Waals surface area (Å²) < 4.78 is 0. The molecule has 0 aliphatic carbocycles. The van der Waals surface area contributed by atoms with Crippen LogP contribution in [0.15, 0.2) is 53.5 Å². The van der Waals surface area contributed by atoms with E-state index in [1.165, 1.54) is 0 Å². The maximum absolute atomic E-state index is 8.69. The van der Waals surface area contributed by atoms with E-state index in [2.05, 4.69) is 17.0 Å². The molecule has 0 saturated carbocycles. The average molecular weight is 230 g/mol. The molecule has 0 unspecified atom stereocenters. The van der Waals surface area contributed by atoms with E-state index < -0.39 is 0 Å². The van der Waals surface area contributed by atoms with Crippen molar-refractivity contribution in [2.24, 2.45) is 4.99 Å². The van der Waals surface area contributed by atoms with Crippen molar-refractivity contribution in [3.63, 3.8) is 0 Å². The van der Waals surface area contributed by atoms with Crippen LogP contribution in [0.3, 0.4) is 0 Å². The van der Waals surface area contributed by atoms with Crippen LogP contribution in [0.4, 0.5) is 5.69 Å². The molecule has 0 saturated heterocycles. The third-order valence-electron chi connectivity index (χ3n) is 2.44. The van der Waals surface area contributed by atoms with E-state index in [4.69, 9.17) is 11.7 Å². The highest BCUT2D eigenvalue weighted by molar-refractivity contribution is 5.82. The Labute approximate surface area is 106 Å². The minimum absolute atomic E-state index is 0.644. The number of hydrogen-bond donors (Lipinski definition) is 0. The van der Waals surface area contributed by atoms with E-state index >= 15 is 0 Å². The van der Waals surface area contributed by atoms with Crippen molar-refractivity contribution in [3.05, 3.63) is 65.2 Å². The highest BCUT2D eigenvalue weighted by Gasteiger charge is 1.91. The molecular formula is C16H10N2. The molecule has 0 spiro atoms. The summed E-state index contributed by atoms with van der Waals surface area (Å²) in [6.45, 7) is 0. The van der Waals surface area contributed by atoms with E-state index in [0.29, 0.717) is 5.56 Å². The molecule has 0 aliphatic rings. The van der Waals surface area contributed by atoms with Gasteiger partial charge in [-0.15, -0.1) is 6.42 Å². The molecule has 2 rings (SSSR count). The number of rotatable bonds is 2. The van der Waals surface area contributed by atoms with E-state index in [1.54, 1.807) is 18.3 Å². The number of terminal acetylenes is 1. The van der Waals surface area contributed by atoms with Gasteiger partial charge in [0.2, 0.25) is 0 Å². The van der Waals surface area contributed by atoms with E-state index in [1.807, 2.05) is 36.4 Å². The fourth-order valence-electron chi connectivity index (χ4n) is 1.44. The minimum Gasteiger partial charge on any atom is -0.256 e. The molecule has 0 N–H and O–H groups in total. The predicted molar refractivity (Wildman–Crippen MR) is 72.8 cm³/mol. The quantitative estimate of drug-likeness (QED) is 0.576. The van der Waals surface area contributed by atoms with Crippen LogP contribution in [0, 0.1) is 23.7 Å². The van der Waals surface area contributed by atoms with Crippen LogP contribution < -0.4 is 0 Å². The number of nitrogens with zero attached hydrogens (tertiary/aromatic N) is 2. The zero-order chi connectivity index (χ0) is 12.8. The van der Waals surface area contributed by atoms with Crippen LogP contribution in [-0.4, -0.2) is 6.21 Å². The van der Waals surface area contributed by atoms with Gasteiger partial charge in [0.25, 0.3) is 0 Å². The Morgan fingerprint density at radius 3 is 2.11 bits per heavy atom. The monoisotopic (exact) mass is 230 g/mol. The van der Waals surface area contributed by atoms with Crippen molar-refractivity contribution in [2.75, 3.05) is 0 Å². The molecule has 2 aromatic carbocycles. The second-order valence-electron chi connectivity index (χ2n) is 3.68. The SMILES string of the molecule is C#Cc1ccc(N=Cc2ccc(C#N)cc2)cc1. The third-order valence-corrected chi connectivity index (χ3v) is 2.44. The predicted octanol–water partition coefficient (Wildman–Crippen LogP) is 3.29. The van der Waals surface area contributed by atoms with Crippen molar-refractivity contribution in [1.82, 2.24) is 0 Å². The van der Waals surface area contributed by atoms with Crippen molar-refractivity contribution in [1.29, 1.82) is 5.26 Å². The first-order chi connectivity index (χ1) is 8.81. The summed E-state index contributed by atoms with van der Waals surface area (Å²) in [6, 6.07) is 16.8. The number of hydrogen-bond acceptors (Lipinski definition) is 2. The Hall–Kier alpha value is -2.84. The van der Waals surface area contributed by atoms with E-state index in [9.17, 15) is 0 Å². The van der Waals surface area contributed by atoms with Crippen molar-refractivity contribution in [2.45, 2.75) is 0 Å². The summed E-state index contributed by atoms with van der Waals surface area (Å²) in [4.78, 5) is 4.33. The summed E-state index contributed by atoms with van der Waals surface area (Å²) >= 11 is 0. The highest BCUT2D eigenvalue weighted by atomic mass is 14.7. The lowest BCUT2D eigenvalue weighted by Crippen LogP contribution is -1.81. The molecule has 18 heavy (non-hydrogen) atoms. The molecule has 0 amide bonds. The van der Waals surface area contributed by atoms with Crippen LogP contribution in [0.5, 0.6) is 0 Å². The van der Waals surface area contributed by atoms with Gasteiger partial charge in [0.1, 0.15) is 0 Å². The van der Waals surface area contributed by atoms with Gasteiger partial charge in [0.15, 0.2) is 0 Å². The van der Waals surface area contributed by atoms with Gasteiger partial charge in [0, 0.05) is 11.8 Å². The fourth-order valence-corrected chi connectivity index (χ4v) is 1.44. The second-order valence-corrected chi connectivity index (χ2v) is 3.68. The largest absolute Gasteiger partial charge is 0.256 e. The first kappa shape index (κ1) is 11.6. The first-order valence-electron chi connectivity index (χ1n) is 5.43. The molecule has 2 aromatic rings. The van der Waals surface area contributed by atoms with Crippen LogP contribution >= 0.6 is 0 Å². The van der Waals surface area contributed by atoms with Gasteiger partial charge in [-0.1, -0.05) is 18.1 Å². The third kappa shape index (κ3) is 2.84. The van der Waals surface area contributed by atoms with Gasteiger partial charge in [-0.3, -0.25) is 4.99 Å². The molecule has 0 bridgehead atoms. The van der Waals surface area contributed by atoms with Gasteiger partial charge in [-0.05, 0) is 42.0 Å². The molecular weight excluding hydrogens is 220 g/mol. The van der Waals surface area contributed by atoms with Gasteiger partial charge >= 0.3 is 0 Å². The molecule has 84 valence electrons. The lowest BCUT2D eigenvalue weighted by molar-refractivity contribution is 1.47. The van der Waals surface area contributed by atoms with Crippen molar-refractivity contribution >= 4 is 11.9 Å².